The van der Waals surface area contributed by atoms with Gasteiger partial charge in [0.1, 0.15) is 36.6 Å². The van der Waals surface area contributed by atoms with Gasteiger partial charge in [-0.3, -0.25) is 14.4 Å². The molecule has 2 aliphatic heterocycles. The number of carbonyl (C=O) groups is 3. The number of halogens is 11. The Morgan fingerprint density at radius 3 is 1.11 bits per heavy atom. The Morgan fingerprint density at radius 2 is 0.683 bits per heavy atom. The number of hydrogen-bond donors (Lipinski definition) is 3. The minimum atomic E-state index is -1.86. The Labute approximate surface area is 699 Å². The molecular weight excluding hydrogens is 1620 g/mol. The summed E-state index contributed by atoms with van der Waals surface area (Å²) in [6.07, 6.45) is -11.7. The van der Waals surface area contributed by atoms with Crippen LogP contribution in [0.4, 0.5) is 43.9 Å². The molecule has 624 valence electrons. The van der Waals surface area contributed by atoms with Crippen molar-refractivity contribution in [1.82, 2.24) is 19.5 Å². The van der Waals surface area contributed by atoms with Crippen LogP contribution in [0.2, 0.25) is 0 Å². The largest absolute Gasteiger partial charge is 0.374 e. The first-order valence-electron chi connectivity index (χ1n) is 39.6. The van der Waals surface area contributed by atoms with Crippen molar-refractivity contribution in [2.45, 2.75) is 113 Å². The van der Waals surface area contributed by atoms with Crippen LogP contribution in [-0.4, -0.2) is 105 Å². The highest BCUT2D eigenvalue weighted by Gasteiger charge is 2.52. The van der Waals surface area contributed by atoms with E-state index in [0.717, 1.165) is 81.9 Å². The number of alkyl halides is 3. The van der Waals surface area contributed by atoms with Crippen molar-refractivity contribution in [2.24, 2.45) is 0 Å². The molecule has 6 heterocycles. The third-order valence-electron chi connectivity index (χ3n) is 22.8. The SMILES string of the molecule is C=C1CC(=O)c2c1c1c3cc(F)c(F)cc3[nH]c1c1[nH]c3cc(F)c(F)cc3c21.FC1C(COCc2ccccc2)OC(Cl)C(OCc2ccccc2)C1OCc1ccccc1.O=C1CC(=O)c2c1c1c3cc(F)c(F)cc3[nH]c1c1c2c2cc(F)c(F)cc2n1C1OC(COCc2ccccc2)C(F)C(OCc2ccccc2)C1OCc1ccccc1. The average Bonchev–Trinajstić information content (AvgIpc) is 1.52. The lowest BCUT2D eigenvalue weighted by molar-refractivity contribution is -0.264. The van der Waals surface area contributed by atoms with Gasteiger partial charge < -0.3 is 57.4 Å². The maximum Gasteiger partial charge on any atom is 0.172 e. The lowest BCUT2D eigenvalue weighted by Crippen LogP contribution is -2.57. The van der Waals surface area contributed by atoms with Crippen molar-refractivity contribution in [1.29, 1.82) is 0 Å². The van der Waals surface area contributed by atoms with E-state index in [1.54, 1.807) is 0 Å². The molecule has 4 aliphatic rings. The highest BCUT2D eigenvalue weighted by molar-refractivity contribution is 6.41. The second-order valence-corrected chi connectivity index (χ2v) is 31.1. The van der Waals surface area contributed by atoms with Crippen LogP contribution in [0, 0.1) is 46.5 Å². The van der Waals surface area contributed by atoms with Gasteiger partial charge >= 0.3 is 0 Å². The van der Waals surface area contributed by atoms with Gasteiger partial charge in [0, 0.05) is 107 Å². The summed E-state index contributed by atoms with van der Waals surface area (Å²) in [4.78, 5) is 49.7. The number of aromatic nitrogens is 4. The summed E-state index contributed by atoms with van der Waals surface area (Å²) in [7, 11) is 0. The fourth-order valence-corrected chi connectivity index (χ4v) is 17.4. The highest BCUT2D eigenvalue weighted by Crippen LogP contribution is 2.51. The minimum Gasteiger partial charge on any atom is -0.374 e. The molecule has 0 spiro atoms. The van der Waals surface area contributed by atoms with Crippen LogP contribution in [0.1, 0.15) is 89.1 Å². The number of ether oxygens (including phenoxy) is 8. The average molecular weight is 1700 g/mol. The van der Waals surface area contributed by atoms with Gasteiger partial charge in [-0.2, -0.15) is 0 Å². The van der Waals surface area contributed by atoms with Gasteiger partial charge in [-0.25, -0.2) is 43.9 Å². The molecule has 0 saturated carbocycles. The van der Waals surface area contributed by atoms with Crippen molar-refractivity contribution in [3.8, 4) is 0 Å². The number of Topliss-reactive ketones (excluding diaryl/α,β-unsaturated/α-hetero) is 3. The molecule has 2 saturated heterocycles. The zero-order valence-electron chi connectivity index (χ0n) is 65.1. The second-order valence-electron chi connectivity index (χ2n) is 30.7. The van der Waals surface area contributed by atoms with Crippen LogP contribution in [0.25, 0.3) is 92.8 Å². The van der Waals surface area contributed by atoms with Crippen molar-refractivity contribution >= 4 is 122 Å². The quantitative estimate of drug-likeness (QED) is 0.0354. The predicted octanol–water partition coefficient (Wildman–Crippen LogP) is 22.2. The number of rotatable bonds is 21. The number of H-pyrrole nitrogens is 3. The lowest BCUT2D eigenvalue weighted by Gasteiger charge is -2.44. The Bertz CT molecular complexity index is 6630. The van der Waals surface area contributed by atoms with E-state index in [1.165, 1.54) is 4.57 Å². The van der Waals surface area contributed by atoms with E-state index in [-0.39, 0.29) is 113 Å². The molecule has 0 radical (unpaired) electrons. The summed E-state index contributed by atoms with van der Waals surface area (Å²) < 4.78 is 200. The van der Waals surface area contributed by atoms with Crippen LogP contribution in [0.3, 0.4) is 0 Å². The number of allylic oxidation sites excluding steroid dienone is 1. The van der Waals surface area contributed by atoms with Crippen LogP contribution in [0.15, 0.2) is 237 Å². The van der Waals surface area contributed by atoms with Gasteiger partial charge in [0.15, 0.2) is 88.0 Å². The fourth-order valence-electron chi connectivity index (χ4n) is 17.1. The number of hydrogen-bond acceptors (Lipinski definition) is 11. The topological polar surface area (TPSA) is 177 Å². The first-order valence-corrected chi connectivity index (χ1v) is 40.1. The molecule has 20 rings (SSSR count). The fraction of sp³-hybridized carbons (Fsp3) is 0.206. The van der Waals surface area contributed by atoms with Gasteiger partial charge in [0.05, 0.1) is 86.9 Å². The van der Waals surface area contributed by atoms with E-state index < -0.39 is 125 Å². The Kier molecular flexibility index (Phi) is 23.1. The molecular formula is C97H73ClF10N4O11. The number of fused-ring (bicyclic) bond motifs is 20. The molecule has 3 N–H and O–H groups in total. The molecule has 12 aromatic carbocycles. The van der Waals surface area contributed by atoms with Crippen LogP contribution in [-0.2, 0) is 77.5 Å². The molecule has 16 aromatic rings. The van der Waals surface area contributed by atoms with Crippen molar-refractivity contribution in [3.05, 3.63) is 339 Å². The predicted molar refractivity (Wildman–Crippen MR) is 445 cm³/mol. The van der Waals surface area contributed by atoms with E-state index in [1.807, 2.05) is 182 Å². The van der Waals surface area contributed by atoms with E-state index in [9.17, 15) is 40.7 Å². The third kappa shape index (κ3) is 15.9. The van der Waals surface area contributed by atoms with Gasteiger partial charge in [-0.1, -0.05) is 200 Å². The van der Waals surface area contributed by atoms with Crippen molar-refractivity contribution in [3.63, 3.8) is 0 Å². The monoisotopic (exact) mass is 1690 g/mol. The maximum absolute atomic E-state index is 17.3. The van der Waals surface area contributed by atoms with Crippen LogP contribution < -0.4 is 0 Å². The summed E-state index contributed by atoms with van der Waals surface area (Å²) >= 11 is 6.53. The molecule has 15 nitrogen and oxygen atoms in total. The standard InChI is InChI=1S/C48H35F5N2O6.C27H28ClFO4.C22H10F4N2O/c49-30-16-28-34(18-32(30)51)54-44-39(28)41-36(56)20-37(57)42(41)40-29-17-31(50)33(52)19-35(29)55(45(40)44)48-47(60-23-27-14-8-3-9-15-27)46(59-22-26-12-6-2-7-13-26)43(53)38(61-48)24-58-21-25-10-4-1-5-11-25;28-27-26(32-18-22-14-8-3-9-15-22)25(31-17-21-12-6-2-7-13-21)24(29)23(33-27)19-30-16-20-10-4-1-5-11-20;1-7-2-16(29)20-17(7)18-8-3-10(23)12(25)5-14(8)27-21(18)22-19(20)9-4-11(24)13(26)6-15(9)28-22/h1-19,38,43,46-48,54H,20-24H2;1-15,23-27H,16-19H2;3-6,27-28H,1-2H2. The molecule has 123 heavy (non-hydrogen) atoms. The minimum absolute atomic E-state index is 0.00755. The van der Waals surface area contributed by atoms with E-state index in [2.05, 4.69) is 21.5 Å². The van der Waals surface area contributed by atoms with Gasteiger partial charge in [-0.05, 0) is 68.8 Å². The van der Waals surface area contributed by atoms with Gasteiger partial charge in [0.25, 0.3) is 0 Å². The Balaban J connectivity index is 0.000000139. The number of nitrogens with one attached hydrogen (secondary N) is 3. The van der Waals surface area contributed by atoms with Crippen LogP contribution >= 0.6 is 11.6 Å². The summed E-state index contributed by atoms with van der Waals surface area (Å²) in [5, 5.41) is 2.06. The summed E-state index contributed by atoms with van der Waals surface area (Å²) in [5.74, 6) is -10.3. The number of aromatic amines is 3. The van der Waals surface area contributed by atoms with Crippen molar-refractivity contribution < 1.29 is 96.2 Å². The summed E-state index contributed by atoms with van der Waals surface area (Å²) in [6.45, 7) is 4.69. The number of ketones is 3. The lowest BCUT2D eigenvalue weighted by atomic mass is 9.96. The molecule has 2 aliphatic carbocycles. The molecule has 10 atom stereocenters. The first-order chi connectivity index (χ1) is 59.7. The first kappa shape index (κ1) is 81.8. The number of carbonyl (C=O) groups excluding carboxylic acids is 3. The third-order valence-corrected chi connectivity index (χ3v) is 23.1. The number of nitrogens with zero attached hydrogens (tertiary/aromatic N) is 1. The molecule has 0 bridgehead atoms. The zero-order chi connectivity index (χ0) is 85.0. The molecule has 10 unspecified atom stereocenters. The van der Waals surface area contributed by atoms with Gasteiger partial charge in [0.2, 0.25) is 0 Å². The molecule has 0 amide bonds. The Hall–Kier alpha value is -12.1. The van der Waals surface area contributed by atoms with E-state index in [0.29, 0.717) is 66.9 Å². The summed E-state index contributed by atoms with van der Waals surface area (Å²) in [6, 6.07) is 64.5. The summed E-state index contributed by atoms with van der Waals surface area (Å²) in [5.41, 5.74) is 7.52. The normalized spacial score (nSPS) is 20.2. The highest BCUT2D eigenvalue weighted by atomic mass is 35.5. The van der Waals surface area contributed by atoms with Gasteiger partial charge in [-0.15, -0.1) is 0 Å². The molecule has 4 aromatic heterocycles. The van der Waals surface area contributed by atoms with E-state index >= 15 is 17.6 Å². The number of benzene rings is 12. The Morgan fingerprint density at radius 1 is 0.366 bits per heavy atom. The molecule has 2 fully saturated rings. The maximum atomic E-state index is 17.3. The van der Waals surface area contributed by atoms with Crippen molar-refractivity contribution in [2.75, 3.05) is 13.2 Å². The van der Waals surface area contributed by atoms with E-state index in [4.69, 9.17) is 49.5 Å². The zero-order valence-corrected chi connectivity index (χ0v) is 65.8. The molecule has 26 heteroatoms. The smallest absolute Gasteiger partial charge is 0.172 e. The second kappa shape index (κ2) is 34.6. The van der Waals surface area contributed by atoms with Crippen LogP contribution in [0.5, 0.6) is 0 Å².